The number of aliphatic hydroxyl groups excluding tert-OH is 2. The van der Waals surface area contributed by atoms with Crippen LogP contribution in [-0.2, 0) is 32.0 Å². The third-order valence-electron chi connectivity index (χ3n) is 0.782. The van der Waals surface area contributed by atoms with E-state index in [4.69, 9.17) is 10.2 Å². The van der Waals surface area contributed by atoms with Gasteiger partial charge in [-0.1, -0.05) is 0 Å². The van der Waals surface area contributed by atoms with E-state index in [1.165, 1.54) is 0 Å². The minimum Gasteiger partial charge on any atom is -0.547 e. The van der Waals surface area contributed by atoms with Gasteiger partial charge in [-0.15, -0.1) is 0 Å². The Labute approximate surface area is 77.0 Å². The van der Waals surface area contributed by atoms with Gasteiger partial charge >= 0.3 is 22.4 Å². The van der Waals surface area contributed by atoms with Crippen molar-refractivity contribution in [3.63, 3.8) is 0 Å². The van der Waals surface area contributed by atoms with Crippen LogP contribution in [0.5, 0.6) is 0 Å². The molecule has 0 aliphatic rings. The Balaban J connectivity index is 0. The molecule has 1 radical (unpaired) electrons. The summed E-state index contributed by atoms with van der Waals surface area (Å²) in [5.74, 6) is -4.12. The Hall–Kier alpha value is -0.400. The third-order valence-corrected chi connectivity index (χ3v) is 0.782. The van der Waals surface area contributed by atoms with E-state index in [-0.39, 0.29) is 22.4 Å². The molecule has 0 aromatic heterocycles. The van der Waals surface area contributed by atoms with E-state index >= 15 is 0 Å². The normalized spacial score (nSPS) is 14.4. The fourth-order valence-electron chi connectivity index (χ4n) is 0.258. The number of carbonyl (C=O) groups excluding carboxylic acids is 2. The van der Waals surface area contributed by atoms with E-state index in [0.29, 0.717) is 0 Å². The molecule has 61 valence electrons. The Morgan fingerprint density at radius 2 is 1.18 bits per heavy atom. The SMILES string of the molecule is O=C([O-])[C@@H](O)[C@H](O)C(=O)[O-].[Nb+2]. The topological polar surface area (TPSA) is 121 Å². The third kappa shape index (κ3) is 4.12. The maximum Gasteiger partial charge on any atom is 2.00 e. The molecule has 0 bridgehead atoms. The Kier molecular flexibility index (Phi) is 6.34. The van der Waals surface area contributed by atoms with Crippen LogP contribution in [0, 0.1) is 0 Å². The minimum absolute atomic E-state index is 0. The van der Waals surface area contributed by atoms with Crippen molar-refractivity contribution < 1.29 is 52.4 Å². The second-order valence-corrected chi connectivity index (χ2v) is 1.53. The van der Waals surface area contributed by atoms with E-state index in [2.05, 4.69) is 0 Å². The largest absolute Gasteiger partial charge is 2.00 e. The van der Waals surface area contributed by atoms with Crippen LogP contribution in [0.15, 0.2) is 0 Å². The van der Waals surface area contributed by atoms with Crippen LogP contribution >= 0.6 is 0 Å². The zero-order chi connectivity index (χ0) is 8.31. The molecular weight excluding hydrogens is 237 g/mol. The maximum atomic E-state index is 9.63. The number of hydrogen-bond acceptors (Lipinski definition) is 6. The van der Waals surface area contributed by atoms with E-state index in [1.54, 1.807) is 0 Å². The van der Waals surface area contributed by atoms with Gasteiger partial charge in [0.2, 0.25) is 0 Å². The molecule has 0 saturated carbocycles. The fraction of sp³-hybridized carbons (Fsp3) is 0.500. The smallest absolute Gasteiger partial charge is 0.547 e. The van der Waals surface area contributed by atoms with Gasteiger partial charge in [0.15, 0.2) is 0 Å². The van der Waals surface area contributed by atoms with Crippen molar-refractivity contribution in [3.05, 3.63) is 0 Å². The van der Waals surface area contributed by atoms with Crippen LogP contribution in [0.3, 0.4) is 0 Å². The van der Waals surface area contributed by atoms with Crippen molar-refractivity contribution >= 4 is 11.9 Å². The molecule has 2 atom stereocenters. The van der Waals surface area contributed by atoms with E-state index in [0.717, 1.165) is 0 Å². The summed E-state index contributed by atoms with van der Waals surface area (Å²) in [7, 11) is 0. The summed E-state index contributed by atoms with van der Waals surface area (Å²) >= 11 is 0. The van der Waals surface area contributed by atoms with E-state index < -0.39 is 24.1 Å². The number of hydrogen-bond donors (Lipinski definition) is 2. The summed E-state index contributed by atoms with van der Waals surface area (Å²) in [6.07, 6.45) is -4.88. The summed E-state index contributed by atoms with van der Waals surface area (Å²) in [6, 6.07) is 0. The van der Waals surface area contributed by atoms with Crippen molar-refractivity contribution in [2.45, 2.75) is 12.2 Å². The van der Waals surface area contributed by atoms with Gasteiger partial charge in [-0.3, -0.25) is 0 Å². The summed E-state index contributed by atoms with van der Waals surface area (Å²) < 4.78 is 0. The quantitative estimate of drug-likeness (QED) is 0.478. The Morgan fingerprint density at radius 1 is 1.00 bits per heavy atom. The summed E-state index contributed by atoms with van der Waals surface area (Å²) in [4.78, 5) is 19.3. The molecule has 2 N–H and O–H groups in total. The first-order valence-corrected chi connectivity index (χ1v) is 2.24. The van der Waals surface area contributed by atoms with E-state index in [1.807, 2.05) is 0 Å². The minimum atomic E-state index is -2.44. The first kappa shape index (κ1) is 13.2. The van der Waals surface area contributed by atoms with Gasteiger partial charge in [0.05, 0.1) is 11.9 Å². The zero-order valence-electron chi connectivity index (χ0n) is 5.13. The summed E-state index contributed by atoms with van der Waals surface area (Å²) in [5, 5.41) is 35.7. The standard InChI is InChI=1S/C4H6O6.Nb/c5-1(3(7)8)2(6)4(9)10;/h1-2,5-6H,(H,7,8)(H,9,10);/q;+2/p-2/t1-,2-;/m0./s1. The molecule has 0 aliphatic carbocycles. The van der Waals surface area contributed by atoms with Crippen LogP contribution in [-0.4, -0.2) is 34.4 Å². The van der Waals surface area contributed by atoms with Gasteiger partial charge in [-0.05, 0) is 0 Å². The molecule has 0 aromatic carbocycles. The molecule has 0 unspecified atom stereocenters. The number of aliphatic hydroxyl groups is 2. The second kappa shape index (κ2) is 5.28. The van der Waals surface area contributed by atoms with Crippen molar-refractivity contribution in [1.82, 2.24) is 0 Å². The van der Waals surface area contributed by atoms with Gasteiger partial charge in [0.1, 0.15) is 12.2 Å². The number of carboxylic acids is 2. The number of aliphatic carboxylic acids is 2. The molecule has 0 rings (SSSR count). The second-order valence-electron chi connectivity index (χ2n) is 1.53. The first-order chi connectivity index (χ1) is 4.46. The summed E-state index contributed by atoms with van der Waals surface area (Å²) in [5.41, 5.74) is 0. The zero-order valence-corrected chi connectivity index (χ0v) is 7.33. The van der Waals surface area contributed by atoms with Crippen LogP contribution in [0.25, 0.3) is 0 Å². The van der Waals surface area contributed by atoms with Gasteiger partial charge < -0.3 is 30.0 Å². The van der Waals surface area contributed by atoms with Gasteiger partial charge in [-0.2, -0.15) is 0 Å². The van der Waals surface area contributed by atoms with Crippen LogP contribution in [0.1, 0.15) is 0 Å². The first-order valence-electron chi connectivity index (χ1n) is 2.24. The van der Waals surface area contributed by atoms with Crippen LogP contribution in [0.4, 0.5) is 0 Å². The van der Waals surface area contributed by atoms with Crippen LogP contribution < -0.4 is 10.2 Å². The van der Waals surface area contributed by atoms with Crippen molar-refractivity contribution in [1.29, 1.82) is 0 Å². The molecular formula is C4H4NbO6. The predicted molar refractivity (Wildman–Crippen MR) is 22.0 cm³/mol. The molecule has 0 fully saturated rings. The predicted octanol–water partition coefficient (Wildman–Crippen LogP) is -4.79. The van der Waals surface area contributed by atoms with Crippen molar-refractivity contribution in [2.75, 3.05) is 0 Å². The number of rotatable bonds is 3. The average molecular weight is 241 g/mol. The Bertz CT molecular complexity index is 139. The van der Waals surface area contributed by atoms with Gasteiger partial charge in [-0.25, -0.2) is 0 Å². The molecule has 0 spiro atoms. The molecule has 0 saturated heterocycles. The number of carbonyl (C=O) groups is 2. The van der Waals surface area contributed by atoms with Gasteiger partial charge in [0, 0.05) is 0 Å². The molecule has 7 heteroatoms. The maximum absolute atomic E-state index is 9.63. The summed E-state index contributed by atoms with van der Waals surface area (Å²) in [6.45, 7) is 0. The van der Waals surface area contributed by atoms with Gasteiger partial charge in [0.25, 0.3) is 0 Å². The molecule has 0 heterocycles. The Morgan fingerprint density at radius 3 is 1.27 bits per heavy atom. The molecule has 6 nitrogen and oxygen atoms in total. The molecule has 11 heavy (non-hydrogen) atoms. The molecule has 0 aliphatic heterocycles. The fourth-order valence-corrected chi connectivity index (χ4v) is 0.258. The van der Waals surface area contributed by atoms with Crippen LogP contribution in [0.2, 0.25) is 0 Å². The monoisotopic (exact) mass is 241 g/mol. The molecule has 0 amide bonds. The molecule has 0 aromatic rings. The number of carboxylic acid groups (broad SMARTS) is 2. The van der Waals surface area contributed by atoms with Crippen molar-refractivity contribution in [3.8, 4) is 0 Å². The average Bonchev–Trinajstić information content (AvgIpc) is 1.84. The van der Waals surface area contributed by atoms with Crippen molar-refractivity contribution in [2.24, 2.45) is 0 Å². The van der Waals surface area contributed by atoms with E-state index in [9.17, 15) is 19.8 Å².